The Bertz CT molecular complexity index is 318. The van der Waals surface area contributed by atoms with Crippen LogP contribution in [0.2, 0.25) is 0 Å². The molecule has 2 bridgehead atoms. The molecule has 0 unspecified atom stereocenters. The zero-order valence-corrected chi connectivity index (χ0v) is 10.9. The number of hydrogen-bond acceptors (Lipinski definition) is 4. The van der Waals surface area contributed by atoms with E-state index in [9.17, 15) is 0 Å². The van der Waals surface area contributed by atoms with E-state index in [0.717, 1.165) is 0 Å². The van der Waals surface area contributed by atoms with E-state index in [1.165, 1.54) is 0 Å². The smallest absolute Gasteiger partial charge is 0.211 e. The highest BCUT2D eigenvalue weighted by molar-refractivity contribution is 5.23. The van der Waals surface area contributed by atoms with Crippen LogP contribution in [0.4, 0.5) is 0 Å². The lowest BCUT2D eigenvalue weighted by Gasteiger charge is -2.50. The molecule has 0 spiro atoms. The maximum absolute atomic E-state index is 7.33. The van der Waals surface area contributed by atoms with Crippen LogP contribution in [0.1, 0.15) is 34.6 Å². The summed E-state index contributed by atoms with van der Waals surface area (Å²) in [7, 11) is 1.64. The van der Waals surface area contributed by atoms with Gasteiger partial charge in [0.25, 0.3) is 0 Å². The first-order chi connectivity index (χ1) is 7.73. The van der Waals surface area contributed by atoms with Gasteiger partial charge in [0.1, 0.15) is 12.2 Å². The third kappa shape index (κ3) is 1.13. The SMILES string of the molecule is [3H]O[C@H]1[C@H]2OC(C)(C)[C@]1(C(C)(C)OC)O[C@H]2C. The summed E-state index contributed by atoms with van der Waals surface area (Å²) in [6.45, 7) is 9.77. The van der Waals surface area contributed by atoms with Crippen molar-refractivity contribution in [1.29, 1.82) is 1.43 Å². The highest BCUT2D eigenvalue weighted by Gasteiger charge is 2.74. The van der Waals surface area contributed by atoms with Crippen molar-refractivity contribution in [2.24, 2.45) is 0 Å². The van der Waals surface area contributed by atoms with Crippen LogP contribution in [0, 0.1) is 0 Å². The van der Waals surface area contributed by atoms with Gasteiger partial charge in [-0.3, -0.25) is 0 Å². The lowest BCUT2D eigenvalue weighted by atomic mass is 9.72. The van der Waals surface area contributed by atoms with Crippen LogP contribution in [0.15, 0.2) is 0 Å². The molecule has 2 fully saturated rings. The standard InChI is InChI=1S/C12H22O4/c1-7-8-9(13)12(15-7,10(2,3)14-6)11(4,5)16-8/h7-9,13H,1-6H3/t7-,8-,9-,12-/m0/s1/i13T. The molecule has 2 aliphatic rings. The predicted molar refractivity (Wildman–Crippen MR) is 59.3 cm³/mol. The number of methoxy groups -OCH3 is 1. The van der Waals surface area contributed by atoms with Crippen LogP contribution < -0.4 is 0 Å². The number of ether oxygens (including phenoxy) is 3. The van der Waals surface area contributed by atoms with Crippen molar-refractivity contribution >= 4 is 0 Å². The highest BCUT2D eigenvalue weighted by Crippen LogP contribution is 2.56. The average molecular weight is 232 g/mol. The van der Waals surface area contributed by atoms with Crippen LogP contribution in [-0.4, -0.2) is 48.8 Å². The minimum absolute atomic E-state index is 0.0900. The molecule has 16 heavy (non-hydrogen) atoms. The number of aliphatic hydroxyl groups excluding tert-OH is 1. The molecule has 0 amide bonds. The van der Waals surface area contributed by atoms with Crippen molar-refractivity contribution in [1.82, 2.24) is 0 Å². The number of aliphatic hydroxyl groups is 1. The van der Waals surface area contributed by atoms with Gasteiger partial charge in [-0.15, -0.1) is 0 Å². The lowest BCUT2D eigenvalue weighted by Crippen LogP contribution is -2.67. The van der Waals surface area contributed by atoms with Crippen LogP contribution in [0.25, 0.3) is 0 Å². The molecule has 2 rings (SSSR count). The van der Waals surface area contributed by atoms with Crippen LogP contribution in [0.3, 0.4) is 0 Å². The van der Waals surface area contributed by atoms with Crippen LogP contribution in [0.5, 0.6) is 0 Å². The van der Waals surface area contributed by atoms with E-state index in [4.69, 9.17) is 20.8 Å². The molecule has 4 atom stereocenters. The van der Waals surface area contributed by atoms with Crippen molar-refractivity contribution in [3.8, 4) is 0 Å². The van der Waals surface area contributed by atoms with E-state index in [0.29, 0.717) is 0 Å². The third-order valence-electron chi connectivity index (χ3n) is 4.26. The summed E-state index contributed by atoms with van der Waals surface area (Å²) in [5, 5.41) is 4.92. The Balaban J connectivity index is 2.52. The molecule has 0 aliphatic carbocycles. The van der Waals surface area contributed by atoms with Crippen LogP contribution >= 0.6 is 0 Å². The maximum Gasteiger partial charge on any atom is 0.211 e. The molecule has 0 radical (unpaired) electrons. The minimum Gasteiger partial charge on any atom is -0.387 e. The summed E-state index contributed by atoms with van der Waals surface area (Å²) in [5.41, 5.74) is -1.91. The molecule has 2 aliphatic heterocycles. The molecular formula is C12H22O4. The summed E-state index contributed by atoms with van der Waals surface area (Å²) in [6.07, 6.45) is -0.729. The molecule has 0 aromatic carbocycles. The van der Waals surface area contributed by atoms with E-state index in [-0.39, 0.29) is 12.2 Å². The van der Waals surface area contributed by atoms with E-state index < -0.39 is 22.9 Å². The Morgan fingerprint density at radius 1 is 1.38 bits per heavy atom. The Morgan fingerprint density at radius 2 is 2.00 bits per heavy atom. The summed E-state index contributed by atoms with van der Waals surface area (Å²) < 4.78 is 25.1. The lowest BCUT2D eigenvalue weighted by molar-refractivity contribution is -0.282. The molecular weight excluding hydrogens is 208 g/mol. The molecule has 0 aromatic rings. The molecule has 1 N–H and O–H groups in total. The van der Waals surface area contributed by atoms with Gasteiger partial charge in [0.05, 0.1) is 17.3 Å². The maximum atomic E-state index is 7.33. The zero-order valence-electron chi connectivity index (χ0n) is 11.9. The monoisotopic (exact) mass is 232 g/mol. The van der Waals surface area contributed by atoms with Gasteiger partial charge in [-0.25, -0.2) is 0 Å². The fourth-order valence-corrected chi connectivity index (χ4v) is 3.34. The zero-order chi connectivity index (χ0) is 13.1. The summed E-state index contributed by atoms with van der Waals surface area (Å²) in [6, 6.07) is 0. The minimum atomic E-state index is -0.763. The van der Waals surface area contributed by atoms with Gasteiger partial charge >= 0.3 is 0 Å². The van der Waals surface area contributed by atoms with E-state index in [1.807, 2.05) is 34.6 Å². The average Bonchev–Trinajstić information content (AvgIpc) is 2.64. The Morgan fingerprint density at radius 3 is 2.50 bits per heavy atom. The number of fused-ring (bicyclic) bond motifs is 2. The van der Waals surface area contributed by atoms with Gasteiger partial charge in [-0.05, 0) is 34.6 Å². The van der Waals surface area contributed by atoms with Gasteiger partial charge < -0.3 is 19.3 Å². The third-order valence-corrected chi connectivity index (χ3v) is 4.26. The predicted octanol–water partition coefficient (Wildman–Crippen LogP) is 1.11. The molecule has 4 nitrogen and oxygen atoms in total. The second-order valence-corrected chi connectivity index (χ2v) is 5.79. The van der Waals surface area contributed by atoms with Crippen molar-refractivity contribution in [3.05, 3.63) is 0 Å². The molecule has 2 saturated heterocycles. The normalized spacial score (nSPS) is 47.1. The van der Waals surface area contributed by atoms with Gasteiger partial charge in [0.2, 0.25) is 1.43 Å². The second-order valence-electron chi connectivity index (χ2n) is 5.79. The molecule has 4 heteroatoms. The van der Waals surface area contributed by atoms with E-state index in [1.54, 1.807) is 7.11 Å². The summed E-state index contributed by atoms with van der Waals surface area (Å²) in [4.78, 5) is 0. The molecule has 0 aromatic heterocycles. The largest absolute Gasteiger partial charge is 0.387 e. The Labute approximate surface area is 98.4 Å². The molecule has 0 saturated carbocycles. The Hall–Kier alpha value is -0.160. The summed E-state index contributed by atoms with van der Waals surface area (Å²) in [5.74, 6) is 0. The second kappa shape index (κ2) is 3.19. The first-order valence-corrected chi connectivity index (χ1v) is 5.76. The van der Waals surface area contributed by atoms with Crippen molar-refractivity contribution < 1.29 is 19.3 Å². The van der Waals surface area contributed by atoms with Crippen LogP contribution in [-0.2, 0) is 14.2 Å². The molecule has 2 heterocycles. The fraction of sp³-hybridized carbons (Fsp3) is 1.00. The van der Waals surface area contributed by atoms with Gasteiger partial charge in [-0.2, -0.15) is 0 Å². The topological polar surface area (TPSA) is 47.9 Å². The highest BCUT2D eigenvalue weighted by atomic mass is 16.7. The fourth-order valence-electron chi connectivity index (χ4n) is 3.34. The van der Waals surface area contributed by atoms with E-state index in [2.05, 4.69) is 0 Å². The van der Waals surface area contributed by atoms with Gasteiger partial charge in [-0.1, -0.05) is 0 Å². The van der Waals surface area contributed by atoms with Crippen molar-refractivity contribution in [2.75, 3.05) is 7.11 Å². The van der Waals surface area contributed by atoms with Gasteiger partial charge in [0.15, 0.2) is 5.60 Å². The van der Waals surface area contributed by atoms with E-state index >= 15 is 0 Å². The van der Waals surface area contributed by atoms with Crippen molar-refractivity contribution in [3.63, 3.8) is 0 Å². The number of hydrogen-bond donors (Lipinski definition) is 1. The summed E-state index contributed by atoms with van der Waals surface area (Å²) >= 11 is 0. The molecule has 94 valence electrons. The first kappa shape index (κ1) is 11.0. The van der Waals surface area contributed by atoms with Gasteiger partial charge in [0, 0.05) is 7.11 Å². The van der Waals surface area contributed by atoms with Crippen molar-refractivity contribution in [2.45, 2.75) is 69.7 Å². The quantitative estimate of drug-likeness (QED) is 0.792. The Kier molecular flexibility index (Phi) is 2.19. The first-order valence-electron chi connectivity index (χ1n) is 6.17. The number of rotatable bonds is 3.